The minimum absolute atomic E-state index is 0.0327. The van der Waals surface area contributed by atoms with Crippen LogP contribution in [0, 0.1) is 0 Å². The fraction of sp³-hybridized carbons (Fsp3) is 0.630. The van der Waals surface area contributed by atoms with Crippen molar-refractivity contribution in [2.24, 2.45) is 0 Å². The lowest BCUT2D eigenvalue weighted by molar-refractivity contribution is -0.929. The van der Waals surface area contributed by atoms with Gasteiger partial charge in [-0.2, -0.15) is 0 Å². The zero-order valence-corrected chi connectivity index (χ0v) is 39.0. The van der Waals surface area contributed by atoms with Crippen molar-refractivity contribution in [1.82, 2.24) is 0 Å². The summed E-state index contributed by atoms with van der Waals surface area (Å²) in [6.07, 6.45) is 23.3. The van der Waals surface area contributed by atoms with Crippen molar-refractivity contribution in [2.75, 3.05) is 26.2 Å². The van der Waals surface area contributed by atoms with E-state index in [-0.39, 0.29) is 10.8 Å². The van der Waals surface area contributed by atoms with E-state index in [0.29, 0.717) is 12.1 Å². The van der Waals surface area contributed by atoms with Crippen LogP contribution in [0.3, 0.4) is 0 Å². The minimum Gasteiger partial charge on any atom is -0.341 e. The number of nitrogens with zero attached hydrogens (tertiary/aromatic N) is 3. The van der Waals surface area contributed by atoms with Gasteiger partial charge < -0.3 is 14.0 Å². The monoisotopic (exact) mass is 803 g/mol. The molecule has 1 aliphatic carbocycles. The van der Waals surface area contributed by atoms with Gasteiger partial charge in [-0.15, -0.1) is 0 Å². The van der Waals surface area contributed by atoms with Crippen molar-refractivity contribution in [1.29, 1.82) is 0 Å². The van der Waals surface area contributed by atoms with Crippen molar-refractivity contribution >= 4 is 12.4 Å². The second kappa shape index (κ2) is 17.9. The highest BCUT2D eigenvalue weighted by atomic mass is 16.7. The quantitative estimate of drug-likeness (QED) is 0.100. The highest BCUT2D eigenvalue weighted by molar-refractivity contribution is 5.86. The number of fused-ring (bicyclic) bond motifs is 5. The molecular weight excluding hydrogens is 723 g/mol. The zero-order chi connectivity index (χ0) is 42.0. The van der Waals surface area contributed by atoms with Crippen molar-refractivity contribution in [3.8, 4) is 22.6 Å². The summed E-state index contributed by atoms with van der Waals surface area (Å²) < 4.78 is 21.0. The van der Waals surface area contributed by atoms with Crippen LogP contribution in [0.4, 0.5) is 0 Å². The maximum absolute atomic E-state index is 7.43. The Bertz CT molecular complexity index is 1990. The molecule has 3 aromatic carbocycles. The van der Waals surface area contributed by atoms with Gasteiger partial charge in [-0.1, -0.05) is 134 Å². The molecular formula is C54H80N3O2+3. The average molecular weight is 803 g/mol. The molecule has 1 saturated heterocycles. The summed E-state index contributed by atoms with van der Waals surface area (Å²) in [6, 6.07) is 18.6. The number of ether oxygens (including phenoxy) is 2. The van der Waals surface area contributed by atoms with Gasteiger partial charge >= 0.3 is 6.03 Å². The molecule has 0 aromatic heterocycles. The Balaban J connectivity index is 1.27. The van der Waals surface area contributed by atoms with Gasteiger partial charge in [-0.3, -0.25) is 0 Å². The van der Waals surface area contributed by atoms with Crippen LogP contribution in [0.15, 0.2) is 48.5 Å². The van der Waals surface area contributed by atoms with Crippen molar-refractivity contribution < 1.29 is 23.1 Å². The number of unbranched alkanes of at least 4 members (excludes halogenated alkanes) is 4. The number of benzene rings is 3. The molecule has 1 saturated carbocycles. The lowest BCUT2D eigenvalue weighted by atomic mass is 9.79. The molecule has 59 heavy (non-hydrogen) atoms. The highest BCUT2D eigenvalue weighted by Gasteiger charge is 2.76. The van der Waals surface area contributed by atoms with E-state index in [4.69, 9.17) is 9.47 Å². The summed E-state index contributed by atoms with van der Waals surface area (Å²) in [7, 11) is 0. The van der Waals surface area contributed by atoms with E-state index < -0.39 is 6.03 Å². The Hall–Kier alpha value is -3.44. The standard InChI is InChI=1S/C54H80N3O2/c1-11-15-23-40-24-21-25-41(26-22-34-57(31-16-12-2,32-17-13-3)33-18-14-4)50(40)42-29-30-49-43(35-42)38-55-47-27-19-20-28-48(47)56-39-44-36-45(52(5,6)7)37-46(53(8,9)10)51(44)59-54(55,56)58-49/h21,24-25,29-30,35-39,47-48H,11-20,22-23,26-28,31-34H2,1-10H3/q+3. The summed E-state index contributed by atoms with van der Waals surface area (Å²) in [4.78, 5) is 0. The van der Waals surface area contributed by atoms with E-state index in [9.17, 15) is 0 Å². The number of aryl methyl sites for hydroxylation is 2. The molecule has 3 aliphatic heterocycles. The molecule has 0 radical (unpaired) electrons. The number of rotatable bonds is 17. The Labute approximate surface area is 359 Å². The summed E-state index contributed by atoms with van der Waals surface area (Å²) in [5.74, 6) is 1.88. The van der Waals surface area contributed by atoms with Gasteiger partial charge in [0.1, 0.15) is 0 Å². The predicted octanol–water partition coefficient (Wildman–Crippen LogP) is 12.7. The Morgan fingerprint density at radius 3 is 1.75 bits per heavy atom. The smallest absolute Gasteiger partial charge is 0.341 e. The molecule has 0 amide bonds. The van der Waals surface area contributed by atoms with Crippen molar-refractivity contribution in [3.05, 3.63) is 81.9 Å². The van der Waals surface area contributed by atoms with E-state index in [0.717, 1.165) is 37.2 Å². The molecule has 4 aliphatic rings. The fourth-order valence-corrected chi connectivity index (χ4v) is 10.8. The van der Waals surface area contributed by atoms with Crippen LogP contribution in [0.25, 0.3) is 11.1 Å². The molecule has 320 valence electrons. The first-order chi connectivity index (χ1) is 28.3. The van der Waals surface area contributed by atoms with E-state index in [1.54, 1.807) is 0 Å². The minimum atomic E-state index is -1.04. The molecule has 2 fully saturated rings. The predicted molar refractivity (Wildman–Crippen MR) is 248 cm³/mol. The number of hydrogen-bond acceptors (Lipinski definition) is 2. The highest BCUT2D eigenvalue weighted by Crippen LogP contribution is 2.48. The molecule has 3 unspecified atom stereocenters. The van der Waals surface area contributed by atoms with Gasteiger partial charge in [0.05, 0.1) is 37.3 Å². The van der Waals surface area contributed by atoms with Gasteiger partial charge in [0.25, 0.3) is 0 Å². The SMILES string of the molecule is CCCCc1cccc(CCC[N+](CCCC)(CCCC)CCCC)c1-c1ccc2c(c1)C=[N+]1C3CCCCC3[N+]3=Cc4cc(C(C)(C)C)cc(C(C)(C)C)c4OC13O2. The third-order valence-electron chi connectivity index (χ3n) is 14.3. The third kappa shape index (κ3) is 8.84. The van der Waals surface area contributed by atoms with Crippen LogP contribution in [0.5, 0.6) is 11.5 Å². The molecule has 0 N–H and O–H groups in total. The Kier molecular flexibility index (Phi) is 13.2. The average Bonchev–Trinajstić information content (AvgIpc) is 3.48. The van der Waals surface area contributed by atoms with E-state index in [2.05, 4.69) is 139 Å². The molecule has 5 nitrogen and oxygen atoms in total. The van der Waals surface area contributed by atoms with Gasteiger partial charge in [-0.05, 0) is 108 Å². The van der Waals surface area contributed by atoms with Crippen LogP contribution in [0.1, 0.15) is 186 Å². The first kappa shape index (κ1) is 43.6. The molecule has 7 rings (SSSR count). The second-order valence-corrected chi connectivity index (χ2v) is 20.9. The molecule has 3 heterocycles. The lowest BCUT2D eigenvalue weighted by Crippen LogP contribution is -2.60. The van der Waals surface area contributed by atoms with Crippen molar-refractivity contribution in [3.63, 3.8) is 0 Å². The largest absolute Gasteiger partial charge is 0.704 e. The topological polar surface area (TPSA) is 24.5 Å². The summed E-state index contributed by atoms with van der Waals surface area (Å²) in [6.45, 7) is 28.6. The van der Waals surface area contributed by atoms with Crippen molar-refractivity contribution in [2.45, 2.75) is 194 Å². The van der Waals surface area contributed by atoms with Crippen LogP contribution in [-0.2, 0) is 23.7 Å². The maximum atomic E-state index is 7.43. The maximum Gasteiger partial charge on any atom is 0.704 e. The summed E-state index contributed by atoms with van der Waals surface area (Å²) in [5, 5.41) is 0. The molecule has 3 aromatic rings. The lowest BCUT2D eigenvalue weighted by Gasteiger charge is -2.39. The molecule has 1 spiro atoms. The van der Waals surface area contributed by atoms with Gasteiger partial charge in [0, 0.05) is 24.8 Å². The van der Waals surface area contributed by atoms with Gasteiger partial charge in [0.15, 0.2) is 23.9 Å². The normalized spacial score (nSPS) is 21.0. The summed E-state index contributed by atoms with van der Waals surface area (Å²) >= 11 is 0. The first-order valence-electron chi connectivity index (χ1n) is 24.2. The molecule has 5 heteroatoms. The van der Waals surface area contributed by atoms with E-state index in [1.807, 2.05) is 0 Å². The van der Waals surface area contributed by atoms with Gasteiger partial charge in [-0.25, -0.2) is 0 Å². The van der Waals surface area contributed by atoms with Crippen LogP contribution in [0.2, 0.25) is 0 Å². The molecule has 3 atom stereocenters. The summed E-state index contributed by atoms with van der Waals surface area (Å²) in [5.41, 5.74) is 10.7. The zero-order valence-electron chi connectivity index (χ0n) is 39.0. The Morgan fingerprint density at radius 2 is 1.19 bits per heavy atom. The second-order valence-electron chi connectivity index (χ2n) is 20.9. The van der Waals surface area contributed by atoms with Crippen LogP contribution < -0.4 is 9.47 Å². The fourth-order valence-electron chi connectivity index (χ4n) is 10.8. The van der Waals surface area contributed by atoms with Crippen LogP contribution in [-0.4, -0.2) is 70.4 Å². The van der Waals surface area contributed by atoms with E-state index >= 15 is 0 Å². The van der Waals surface area contributed by atoms with E-state index in [1.165, 1.54) is 146 Å². The number of hydrogen-bond donors (Lipinski definition) is 0. The first-order valence-corrected chi connectivity index (χ1v) is 24.2. The Morgan fingerprint density at radius 1 is 0.627 bits per heavy atom. The van der Waals surface area contributed by atoms with Gasteiger partial charge in [0.2, 0.25) is 12.1 Å². The molecule has 0 bridgehead atoms. The van der Waals surface area contributed by atoms with Crippen LogP contribution >= 0.6 is 0 Å². The third-order valence-corrected chi connectivity index (χ3v) is 14.3. The number of quaternary nitrogens is 1.